The van der Waals surface area contributed by atoms with Crippen molar-refractivity contribution in [3.8, 4) is 11.5 Å². The molecule has 0 aliphatic carbocycles. The van der Waals surface area contributed by atoms with Gasteiger partial charge in [0.25, 0.3) is 0 Å². The lowest BCUT2D eigenvalue weighted by atomic mass is 9.93. The third-order valence-corrected chi connectivity index (χ3v) is 4.24. The lowest BCUT2D eigenvalue weighted by molar-refractivity contribution is 0.0675. The van der Waals surface area contributed by atoms with E-state index in [0.717, 1.165) is 31.1 Å². The van der Waals surface area contributed by atoms with E-state index in [-0.39, 0.29) is 6.04 Å². The maximum atomic E-state index is 6.03. The van der Waals surface area contributed by atoms with Gasteiger partial charge in [0, 0.05) is 23.8 Å². The number of hydrogen-bond donors (Lipinski definition) is 1. The van der Waals surface area contributed by atoms with E-state index in [9.17, 15) is 0 Å². The van der Waals surface area contributed by atoms with Crippen molar-refractivity contribution in [3.63, 3.8) is 0 Å². The molecule has 1 fully saturated rings. The second kappa shape index (κ2) is 5.51. The van der Waals surface area contributed by atoms with E-state index >= 15 is 0 Å². The first-order chi connectivity index (χ1) is 10.4. The van der Waals surface area contributed by atoms with Gasteiger partial charge in [0.15, 0.2) is 0 Å². The van der Waals surface area contributed by atoms with Gasteiger partial charge in [-0.1, -0.05) is 36.4 Å². The lowest BCUT2D eigenvalue weighted by Crippen LogP contribution is -2.40. The van der Waals surface area contributed by atoms with Crippen LogP contribution in [0.15, 0.2) is 48.5 Å². The van der Waals surface area contributed by atoms with Gasteiger partial charge < -0.3 is 14.8 Å². The van der Waals surface area contributed by atoms with Gasteiger partial charge in [-0.3, -0.25) is 0 Å². The van der Waals surface area contributed by atoms with E-state index in [4.69, 9.17) is 9.47 Å². The second-order valence-corrected chi connectivity index (χ2v) is 5.69. The quantitative estimate of drug-likeness (QED) is 0.911. The molecule has 1 unspecified atom stereocenters. The summed E-state index contributed by atoms with van der Waals surface area (Å²) in [5.41, 5.74) is 2.42. The van der Waals surface area contributed by atoms with Gasteiger partial charge >= 0.3 is 0 Å². The van der Waals surface area contributed by atoms with Crippen molar-refractivity contribution in [1.82, 2.24) is 5.32 Å². The fourth-order valence-electron chi connectivity index (χ4n) is 3.20. The summed E-state index contributed by atoms with van der Waals surface area (Å²) < 4.78 is 11.6. The van der Waals surface area contributed by atoms with Gasteiger partial charge in [-0.2, -0.15) is 0 Å². The summed E-state index contributed by atoms with van der Waals surface area (Å²) in [5.74, 6) is 1.90. The average Bonchev–Trinajstić information content (AvgIpc) is 2.55. The first-order valence-electron chi connectivity index (χ1n) is 7.61. The fraction of sp³-hybridized carbons (Fsp3) is 0.333. The second-order valence-electron chi connectivity index (χ2n) is 5.69. The minimum Gasteiger partial charge on any atom is -0.457 e. The van der Waals surface area contributed by atoms with Crippen molar-refractivity contribution in [3.05, 3.63) is 59.7 Å². The lowest BCUT2D eigenvalue weighted by Gasteiger charge is -2.33. The van der Waals surface area contributed by atoms with Crippen molar-refractivity contribution in [2.24, 2.45) is 0 Å². The van der Waals surface area contributed by atoms with Gasteiger partial charge in [0.2, 0.25) is 0 Å². The Morgan fingerprint density at radius 1 is 0.905 bits per heavy atom. The molecule has 0 spiro atoms. The number of hydrogen-bond acceptors (Lipinski definition) is 3. The third kappa shape index (κ3) is 2.43. The minimum absolute atomic E-state index is 0.179. The molecule has 0 amide bonds. The molecule has 0 aromatic heterocycles. The van der Waals surface area contributed by atoms with Gasteiger partial charge in [-0.05, 0) is 25.0 Å². The number of fused-ring (bicyclic) bond motifs is 2. The molecule has 3 nitrogen and oxygen atoms in total. The molecule has 108 valence electrons. The molecule has 0 radical (unpaired) electrons. The summed E-state index contributed by atoms with van der Waals surface area (Å²) in [6.45, 7) is 1.68. The molecule has 0 saturated carbocycles. The SMILES string of the molecule is c1ccc2c(c1)Oc1ccccc1C2NC1CCCOC1. The van der Waals surface area contributed by atoms with Crippen LogP contribution in [0.3, 0.4) is 0 Å². The van der Waals surface area contributed by atoms with E-state index in [1.807, 2.05) is 24.3 Å². The van der Waals surface area contributed by atoms with Crippen LogP contribution in [-0.2, 0) is 4.74 Å². The van der Waals surface area contributed by atoms with E-state index in [1.165, 1.54) is 17.5 Å². The predicted octanol–water partition coefficient (Wildman–Crippen LogP) is 3.65. The van der Waals surface area contributed by atoms with Gasteiger partial charge in [0.05, 0.1) is 12.6 Å². The molecular weight excluding hydrogens is 262 g/mol. The molecule has 0 bridgehead atoms. The average molecular weight is 281 g/mol. The van der Waals surface area contributed by atoms with E-state index < -0.39 is 0 Å². The molecular formula is C18H19NO2. The summed E-state index contributed by atoms with van der Waals surface area (Å²) in [7, 11) is 0. The largest absolute Gasteiger partial charge is 0.457 e. The zero-order valence-electron chi connectivity index (χ0n) is 11.9. The van der Waals surface area contributed by atoms with Crippen molar-refractivity contribution < 1.29 is 9.47 Å². The molecule has 21 heavy (non-hydrogen) atoms. The third-order valence-electron chi connectivity index (χ3n) is 4.24. The Morgan fingerprint density at radius 2 is 1.57 bits per heavy atom. The number of benzene rings is 2. The van der Waals surface area contributed by atoms with Gasteiger partial charge in [0.1, 0.15) is 11.5 Å². The first kappa shape index (κ1) is 12.9. The highest BCUT2D eigenvalue weighted by Gasteiger charge is 2.29. The standard InChI is InChI=1S/C18H19NO2/c1-3-9-16-14(7-1)18(19-13-6-5-11-20-12-13)15-8-2-4-10-17(15)21-16/h1-4,7-10,13,18-19H,5-6,11-12H2. The van der Waals surface area contributed by atoms with Gasteiger partial charge in [-0.25, -0.2) is 0 Å². The Labute approximate surface area is 124 Å². The molecule has 2 aliphatic heterocycles. The summed E-state index contributed by atoms with van der Waals surface area (Å²) in [6.07, 6.45) is 2.30. The number of nitrogens with one attached hydrogen (secondary N) is 1. The van der Waals surface area contributed by atoms with Crippen molar-refractivity contribution in [2.75, 3.05) is 13.2 Å². The zero-order chi connectivity index (χ0) is 14.1. The molecule has 4 rings (SSSR count). The topological polar surface area (TPSA) is 30.5 Å². The zero-order valence-corrected chi connectivity index (χ0v) is 11.9. The van der Waals surface area contributed by atoms with Crippen LogP contribution in [0, 0.1) is 0 Å². The minimum atomic E-state index is 0.179. The van der Waals surface area contributed by atoms with E-state index in [0.29, 0.717) is 6.04 Å². The Kier molecular flexibility index (Phi) is 3.37. The molecule has 1 saturated heterocycles. The number of ether oxygens (including phenoxy) is 2. The van der Waals surface area contributed by atoms with Crippen LogP contribution in [-0.4, -0.2) is 19.3 Å². The van der Waals surface area contributed by atoms with Crippen molar-refractivity contribution >= 4 is 0 Å². The van der Waals surface area contributed by atoms with Crippen LogP contribution in [0.1, 0.15) is 30.0 Å². The fourth-order valence-corrected chi connectivity index (χ4v) is 3.20. The maximum absolute atomic E-state index is 6.03. The van der Waals surface area contributed by atoms with Crippen LogP contribution >= 0.6 is 0 Å². The maximum Gasteiger partial charge on any atom is 0.132 e. The van der Waals surface area contributed by atoms with E-state index in [2.05, 4.69) is 29.6 Å². The molecule has 2 aromatic rings. The molecule has 1 atom stereocenters. The molecule has 3 heteroatoms. The molecule has 2 aromatic carbocycles. The highest BCUT2D eigenvalue weighted by atomic mass is 16.5. The monoisotopic (exact) mass is 281 g/mol. The smallest absolute Gasteiger partial charge is 0.132 e. The van der Waals surface area contributed by atoms with Crippen LogP contribution in [0.2, 0.25) is 0 Å². The van der Waals surface area contributed by atoms with Crippen LogP contribution in [0.5, 0.6) is 11.5 Å². The van der Waals surface area contributed by atoms with Crippen LogP contribution in [0.4, 0.5) is 0 Å². The first-order valence-corrected chi connectivity index (χ1v) is 7.61. The number of rotatable bonds is 2. The summed E-state index contributed by atoms with van der Waals surface area (Å²) in [5, 5.41) is 3.77. The van der Waals surface area contributed by atoms with Crippen LogP contribution in [0.25, 0.3) is 0 Å². The Balaban J connectivity index is 1.70. The normalized spacial score (nSPS) is 21.2. The Bertz CT molecular complexity index is 589. The molecule has 2 heterocycles. The summed E-state index contributed by atoms with van der Waals surface area (Å²) in [4.78, 5) is 0. The van der Waals surface area contributed by atoms with Crippen molar-refractivity contribution in [2.45, 2.75) is 24.9 Å². The Morgan fingerprint density at radius 3 is 2.19 bits per heavy atom. The summed E-state index contributed by atoms with van der Waals surface area (Å²) >= 11 is 0. The number of para-hydroxylation sites is 2. The Hall–Kier alpha value is -1.84. The van der Waals surface area contributed by atoms with Gasteiger partial charge in [-0.15, -0.1) is 0 Å². The van der Waals surface area contributed by atoms with E-state index in [1.54, 1.807) is 0 Å². The summed E-state index contributed by atoms with van der Waals surface area (Å²) in [6, 6.07) is 17.1. The molecule has 1 N–H and O–H groups in total. The molecule has 2 aliphatic rings. The van der Waals surface area contributed by atoms with Crippen LogP contribution < -0.4 is 10.1 Å². The predicted molar refractivity (Wildman–Crippen MR) is 81.8 cm³/mol. The van der Waals surface area contributed by atoms with Crippen molar-refractivity contribution in [1.29, 1.82) is 0 Å². The highest BCUT2D eigenvalue weighted by Crippen LogP contribution is 2.42. The highest BCUT2D eigenvalue weighted by molar-refractivity contribution is 5.52.